The number of nitriles is 1. The van der Waals surface area contributed by atoms with Crippen LogP contribution in [-0.2, 0) is 4.57 Å². The lowest BCUT2D eigenvalue weighted by Gasteiger charge is -2.37. The number of rotatable bonds is 5. The zero-order valence-corrected chi connectivity index (χ0v) is 16.5. The molecule has 132 valence electrons. The van der Waals surface area contributed by atoms with Crippen LogP contribution >= 0.6 is 7.29 Å². The first kappa shape index (κ1) is 19.4. The van der Waals surface area contributed by atoms with Gasteiger partial charge in [-0.15, -0.1) is 0 Å². The van der Waals surface area contributed by atoms with Crippen molar-refractivity contribution in [1.29, 1.82) is 5.26 Å². The molecule has 2 aromatic rings. The van der Waals surface area contributed by atoms with E-state index < -0.39 is 12.4 Å². The van der Waals surface area contributed by atoms with Crippen molar-refractivity contribution < 1.29 is 4.57 Å². The van der Waals surface area contributed by atoms with E-state index >= 15 is 0 Å². The maximum atomic E-state index is 14.1. The molecule has 0 spiro atoms. The third kappa shape index (κ3) is 4.21. The monoisotopic (exact) mass is 354 g/mol. The largest absolute Gasteiger partial charge is 0.301 e. The highest BCUT2D eigenvalue weighted by atomic mass is 31.2. The Hall–Kier alpha value is -1.88. The molecule has 0 heterocycles. The molecule has 4 heteroatoms. The molecule has 0 saturated heterocycles. The van der Waals surface area contributed by atoms with Crippen molar-refractivity contribution in [3.8, 4) is 6.07 Å². The third-order valence-corrected chi connectivity index (χ3v) is 8.01. The minimum atomic E-state index is -2.92. The number of hydrogen-bond acceptors (Lipinski definition) is 2. The Morgan fingerprint density at radius 3 is 2.00 bits per heavy atom. The van der Waals surface area contributed by atoms with Crippen LogP contribution in [0.5, 0.6) is 0 Å². The van der Waals surface area contributed by atoms with E-state index in [2.05, 4.69) is 37.1 Å². The maximum absolute atomic E-state index is 14.1. The van der Waals surface area contributed by atoms with Crippen LogP contribution in [0.3, 0.4) is 0 Å². The molecule has 0 bridgehead atoms. The molecule has 0 saturated carbocycles. The van der Waals surface area contributed by atoms with Crippen LogP contribution in [0.2, 0.25) is 0 Å². The predicted molar refractivity (Wildman–Crippen MR) is 105 cm³/mol. The molecule has 0 aliphatic rings. The van der Waals surface area contributed by atoms with Gasteiger partial charge >= 0.3 is 0 Å². The van der Waals surface area contributed by atoms with Gasteiger partial charge in [-0.25, -0.2) is 0 Å². The summed E-state index contributed by atoms with van der Waals surface area (Å²) in [4.78, 5) is 0. The van der Waals surface area contributed by atoms with Gasteiger partial charge in [0, 0.05) is 16.5 Å². The highest BCUT2D eigenvalue weighted by molar-refractivity contribution is 7.71. The maximum Gasteiger partial charge on any atom is 0.181 e. The molecule has 0 aromatic heterocycles. The Balaban J connectivity index is 2.49. The molecule has 0 aliphatic heterocycles. The zero-order valence-electron chi connectivity index (χ0n) is 15.7. The van der Waals surface area contributed by atoms with Gasteiger partial charge in [-0.3, -0.25) is 5.09 Å². The highest BCUT2D eigenvalue weighted by Gasteiger charge is 2.40. The molecule has 0 fully saturated rings. The second kappa shape index (κ2) is 7.56. The van der Waals surface area contributed by atoms with E-state index in [1.165, 1.54) is 0 Å². The molecule has 2 atom stereocenters. The third-order valence-electron chi connectivity index (χ3n) is 4.45. The number of benzene rings is 2. The van der Waals surface area contributed by atoms with Gasteiger partial charge in [0.25, 0.3) is 0 Å². The number of nitrogens with zero attached hydrogens (tertiary/aromatic N) is 1. The smallest absolute Gasteiger partial charge is 0.181 e. The standard InChI is InChI=1S/C21H27N2OP/c1-16(2)20(18-9-7-6-8-10-18)23-25(24,21(3,4)5)19-13-11-17(15-22)12-14-19/h6-14,16,20H,1-5H3,(H,23,24)/t20-,25?/m1/s1. The summed E-state index contributed by atoms with van der Waals surface area (Å²) < 4.78 is 14.1. The number of nitrogens with one attached hydrogen (secondary N) is 1. The first-order chi connectivity index (χ1) is 11.7. The van der Waals surface area contributed by atoms with E-state index in [1.807, 2.05) is 51.1 Å². The van der Waals surface area contributed by atoms with Gasteiger partial charge in [0.15, 0.2) is 7.29 Å². The van der Waals surface area contributed by atoms with Gasteiger partial charge in [0.1, 0.15) is 0 Å². The SMILES string of the molecule is CC(C)[C@@H](NP(=O)(c1ccc(C#N)cc1)C(C)(C)C)c1ccccc1. The number of hydrogen-bond donors (Lipinski definition) is 1. The van der Waals surface area contributed by atoms with Crippen molar-refractivity contribution in [1.82, 2.24) is 5.09 Å². The lowest BCUT2D eigenvalue weighted by Crippen LogP contribution is -2.36. The van der Waals surface area contributed by atoms with E-state index in [9.17, 15) is 4.57 Å². The highest BCUT2D eigenvalue weighted by Crippen LogP contribution is 2.55. The fraction of sp³-hybridized carbons (Fsp3) is 0.381. The summed E-state index contributed by atoms with van der Waals surface area (Å²) in [7, 11) is -2.92. The van der Waals surface area contributed by atoms with Crippen molar-refractivity contribution in [2.45, 2.75) is 45.8 Å². The van der Waals surface area contributed by atoms with E-state index in [-0.39, 0.29) is 12.0 Å². The second-order valence-corrected chi connectivity index (χ2v) is 11.0. The van der Waals surface area contributed by atoms with Crippen LogP contribution in [0.1, 0.15) is 51.8 Å². The topological polar surface area (TPSA) is 52.9 Å². The predicted octanol–water partition coefficient (Wildman–Crippen LogP) is 5.25. The van der Waals surface area contributed by atoms with E-state index in [0.717, 1.165) is 10.9 Å². The first-order valence-corrected chi connectivity index (χ1v) is 10.3. The summed E-state index contributed by atoms with van der Waals surface area (Å²) in [6.45, 7) is 10.3. The summed E-state index contributed by atoms with van der Waals surface area (Å²) in [5, 5.41) is 12.9. The molecule has 0 aliphatic carbocycles. The lowest BCUT2D eigenvalue weighted by atomic mass is 9.97. The van der Waals surface area contributed by atoms with Gasteiger partial charge in [-0.05, 0) is 35.7 Å². The van der Waals surface area contributed by atoms with E-state index in [0.29, 0.717) is 5.56 Å². The fourth-order valence-electron chi connectivity index (χ4n) is 2.87. The van der Waals surface area contributed by atoms with Crippen molar-refractivity contribution >= 4 is 12.6 Å². The summed E-state index contributed by atoms with van der Waals surface area (Å²) in [6.07, 6.45) is 0. The molecule has 0 radical (unpaired) electrons. The first-order valence-electron chi connectivity index (χ1n) is 8.62. The van der Waals surface area contributed by atoms with Gasteiger partial charge in [-0.2, -0.15) is 5.26 Å². The Kier molecular flexibility index (Phi) is 5.88. The summed E-state index contributed by atoms with van der Waals surface area (Å²) >= 11 is 0. The van der Waals surface area contributed by atoms with Gasteiger partial charge in [0.05, 0.1) is 11.6 Å². The van der Waals surface area contributed by atoms with Crippen LogP contribution < -0.4 is 10.4 Å². The van der Waals surface area contributed by atoms with Crippen molar-refractivity contribution in [3.63, 3.8) is 0 Å². The molecular weight excluding hydrogens is 327 g/mol. The zero-order chi connectivity index (χ0) is 18.7. The van der Waals surface area contributed by atoms with Crippen LogP contribution in [0.15, 0.2) is 54.6 Å². The van der Waals surface area contributed by atoms with Crippen LogP contribution in [0.25, 0.3) is 0 Å². The lowest BCUT2D eigenvalue weighted by molar-refractivity contribution is 0.455. The minimum absolute atomic E-state index is 0.0121. The van der Waals surface area contributed by atoms with Gasteiger partial charge in [-0.1, -0.05) is 65.0 Å². The molecule has 25 heavy (non-hydrogen) atoms. The minimum Gasteiger partial charge on any atom is -0.301 e. The van der Waals surface area contributed by atoms with Crippen LogP contribution in [0.4, 0.5) is 0 Å². The fourth-order valence-corrected chi connectivity index (χ4v) is 5.58. The van der Waals surface area contributed by atoms with Crippen molar-refractivity contribution in [2.75, 3.05) is 0 Å². The average Bonchev–Trinajstić information content (AvgIpc) is 2.59. The molecule has 1 N–H and O–H groups in total. The molecular formula is C21H27N2OP. The molecule has 3 nitrogen and oxygen atoms in total. The molecule has 2 aromatic carbocycles. The van der Waals surface area contributed by atoms with E-state index in [1.54, 1.807) is 12.1 Å². The van der Waals surface area contributed by atoms with Crippen LogP contribution in [-0.4, -0.2) is 5.16 Å². The van der Waals surface area contributed by atoms with Crippen molar-refractivity contribution in [2.24, 2.45) is 5.92 Å². The Bertz CT molecular complexity index is 783. The Morgan fingerprint density at radius 1 is 1.00 bits per heavy atom. The molecule has 0 amide bonds. The van der Waals surface area contributed by atoms with Gasteiger partial charge in [0.2, 0.25) is 0 Å². The Morgan fingerprint density at radius 2 is 1.56 bits per heavy atom. The average molecular weight is 354 g/mol. The van der Waals surface area contributed by atoms with Crippen molar-refractivity contribution in [3.05, 3.63) is 65.7 Å². The Labute approximate surface area is 151 Å². The van der Waals surface area contributed by atoms with Crippen LogP contribution in [0, 0.1) is 17.2 Å². The quantitative estimate of drug-likeness (QED) is 0.746. The summed E-state index contributed by atoms with van der Waals surface area (Å²) in [5.41, 5.74) is 1.71. The molecule has 2 rings (SSSR count). The summed E-state index contributed by atoms with van der Waals surface area (Å²) in [6, 6.07) is 19.4. The summed E-state index contributed by atoms with van der Waals surface area (Å²) in [5.74, 6) is 0.288. The normalized spacial score (nSPS) is 15.4. The second-order valence-electron chi connectivity index (χ2n) is 7.70. The van der Waals surface area contributed by atoms with Gasteiger partial charge < -0.3 is 4.57 Å². The molecule has 1 unspecified atom stereocenters. The van der Waals surface area contributed by atoms with E-state index in [4.69, 9.17) is 5.26 Å².